The third kappa shape index (κ3) is 3.06. The third-order valence-corrected chi connectivity index (χ3v) is 5.45. The quantitative estimate of drug-likeness (QED) is 0.542. The molecule has 26 heavy (non-hydrogen) atoms. The van der Waals surface area contributed by atoms with Gasteiger partial charge in [-0.15, -0.1) is 0 Å². The summed E-state index contributed by atoms with van der Waals surface area (Å²) in [5, 5.41) is 0.601. The predicted molar refractivity (Wildman–Crippen MR) is 106 cm³/mol. The molecule has 1 aliphatic heterocycles. The van der Waals surface area contributed by atoms with E-state index >= 15 is 0 Å². The van der Waals surface area contributed by atoms with Crippen LogP contribution in [0.3, 0.4) is 0 Å². The Morgan fingerprint density at radius 1 is 1.00 bits per heavy atom. The molecule has 1 aliphatic rings. The number of nitrogens with zero attached hydrogens (tertiary/aromatic N) is 1. The van der Waals surface area contributed by atoms with Crippen molar-refractivity contribution in [1.29, 1.82) is 0 Å². The Kier molecular flexibility index (Phi) is 4.62. The number of halogens is 1. The zero-order chi connectivity index (χ0) is 18.1. The number of amides is 1. The summed E-state index contributed by atoms with van der Waals surface area (Å²) in [5.74, 6) is 0.576. The molecule has 1 heterocycles. The van der Waals surface area contributed by atoms with Crippen LogP contribution in [0.1, 0.15) is 17.3 Å². The van der Waals surface area contributed by atoms with Crippen molar-refractivity contribution < 1.29 is 9.53 Å². The lowest BCUT2D eigenvalue weighted by atomic mass is 10.1. The molecule has 0 bridgehead atoms. The highest BCUT2D eigenvalue weighted by Crippen LogP contribution is 2.49. The lowest BCUT2D eigenvalue weighted by Gasteiger charge is -2.31. The molecule has 130 valence electrons. The van der Waals surface area contributed by atoms with Crippen LogP contribution < -0.4 is 9.64 Å². The average molecular weight is 382 g/mol. The lowest BCUT2D eigenvalue weighted by Crippen LogP contribution is -2.28. The molecule has 0 aliphatic carbocycles. The zero-order valence-corrected chi connectivity index (χ0v) is 15.7. The Bertz CT molecular complexity index is 989. The van der Waals surface area contributed by atoms with Crippen molar-refractivity contribution in [2.24, 2.45) is 0 Å². The molecule has 5 heteroatoms. The second-order valence-corrected chi connectivity index (χ2v) is 7.30. The maximum absolute atomic E-state index is 13.4. The number of rotatable bonds is 3. The topological polar surface area (TPSA) is 29.5 Å². The molecule has 0 spiro atoms. The predicted octanol–water partition coefficient (Wildman–Crippen LogP) is 6.18. The molecule has 4 rings (SSSR count). The molecular weight excluding hydrogens is 366 g/mol. The van der Waals surface area contributed by atoms with Crippen molar-refractivity contribution in [3.63, 3.8) is 0 Å². The molecule has 0 aromatic heterocycles. The molecule has 3 nitrogen and oxygen atoms in total. The number of carbonyl (C=O) groups is 1. The van der Waals surface area contributed by atoms with Crippen molar-refractivity contribution >= 4 is 40.6 Å². The molecular formula is C21H16ClNO2S. The SMILES string of the molecule is CCOc1cccc(C(=O)N2c3ccccc3Sc3ccc(Cl)cc32)c1. The van der Waals surface area contributed by atoms with Crippen LogP contribution in [0.4, 0.5) is 11.4 Å². The number of benzene rings is 3. The average Bonchev–Trinajstić information content (AvgIpc) is 2.66. The van der Waals surface area contributed by atoms with E-state index < -0.39 is 0 Å². The fourth-order valence-corrected chi connectivity index (χ4v) is 4.17. The van der Waals surface area contributed by atoms with E-state index in [1.165, 1.54) is 0 Å². The number of ether oxygens (including phenoxy) is 1. The van der Waals surface area contributed by atoms with E-state index in [9.17, 15) is 4.79 Å². The van der Waals surface area contributed by atoms with Crippen LogP contribution in [0.5, 0.6) is 5.75 Å². The van der Waals surface area contributed by atoms with Crippen LogP contribution in [0.25, 0.3) is 0 Å². The first-order valence-electron chi connectivity index (χ1n) is 8.31. The van der Waals surface area contributed by atoms with E-state index in [0.29, 0.717) is 22.9 Å². The van der Waals surface area contributed by atoms with Crippen LogP contribution in [-0.2, 0) is 0 Å². The molecule has 0 saturated carbocycles. The van der Waals surface area contributed by atoms with Gasteiger partial charge >= 0.3 is 0 Å². The number of anilines is 2. The second kappa shape index (κ2) is 7.06. The van der Waals surface area contributed by atoms with Gasteiger partial charge in [0.25, 0.3) is 5.91 Å². The number of fused-ring (bicyclic) bond motifs is 2. The number of hydrogen-bond donors (Lipinski definition) is 0. The fourth-order valence-electron chi connectivity index (χ4n) is 2.96. The molecule has 1 amide bonds. The summed E-state index contributed by atoms with van der Waals surface area (Å²) in [6.45, 7) is 2.48. The highest BCUT2D eigenvalue weighted by Gasteiger charge is 2.29. The molecule has 0 radical (unpaired) electrons. The first-order chi connectivity index (χ1) is 12.7. The summed E-state index contributed by atoms with van der Waals surface area (Å²) in [6.07, 6.45) is 0. The van der Waals surface area contributed by atoms with E-state index in [-0.39, 0.29) is 5.91 Å². The van der Waals surface area contributed by atoms with Gasteiger partial charge < -0.3 is 4.74 Å². The van der Waals surface area contributed by atoms with Gasteiger partial charge in [-0.05, 0) is 55.5 Å². The van der Waals surface area contributed by atoms with E-state index in [2.05, 4.69) is 0 Å². The second-order valence-electron chi connectivity index (χ2n) is 5.78. The van der Waals surface area contributed by atoms with Gasteiger partial charge in [0.2, 0.25) is 0 Å². The lowest BCUT2D eigenvalue weighted by molar-refractivity contribution is 0.0998. The normalized spacial score (nSPS) is 12.3. The third-order valence-electron chi connectivity index (χ3n) is 4.08. The van der Waals surface area contributed by atoms with Crippen LogP contribution in [-0.4, -0.2) is 12.5 Å². The maximum atomic E-state index is 13.4. The van der Waals surface area contributed by atoms with Gasteiger partial charge in [0, 0.05) is 20.4 Å². The van der Waals surface area contributed by atoms with Crippen molar-refractivity contribution in [2.45, 2.75) is 16.7 Å². The van der Waals surface area contributed by atoms with Crippen molar-refractivity contribution in [3.8, 4) is 5.75 Å². The molecule has 0 atom stereocenters. The minimum Gasteiger partial charge on any atom is -0.494 e. The van der Waals surface area contributed by atoms with Crippen molar-refractivity contribution in [2.75, 3.05) is 11.5 Å². The van der Waals surface area contributed by atoms with E-state index in [1.807, 2.05) is 61.5 Å². The van der Waals surface area contributed by atoms with E-state index in [0.717, 1.165) is 21.2 Å². The van der Waals surface area contributed by atoms with Crippen molar-refractivity contribution in [3.05, 3.63) is 77.3 Å². The summed E-state index contributed by atoms with van der Waals surface area (Å²) in [7, 11) is 0. The zero-order valence-electron chi connectivity index (χ0n) is 14.1. The monoisotopic (exact) mass is 381 g/mol. The highest BCUT2D eigenvalue weighted by molar-refractivity contribution is 7.99. The summed E-state index contributed by atoms with van der Waals surface area (Å²) in [5.41, 5.74) is 2.23. The molecule has 3 aromatic carbocycles. The molecule has 3 aromatic rings. The van der Waals surface area contributed by atoms with Gasteiger partial charge in [-0.1, -0.05) is 41.6 Å². The highest BCUT2D eigenvalue weighted by atomic mass is 35.5. The maximum Gasteiger partial charge on any atom is 0.263 e. The van der Waals surface area contributed by atoms with E-state index in [4.69, 9.17) is 16.3 Å². The Morgan fingerprint density at radius 3 is 2.65 bits per heavy atom. The molecule has 0 saturated heterocycles. The Balaban J connectivity index is 1.84. The summed E-state index contributed by atoms with van der Waals surface area (Å²) < 4.78 is 5.55. The number of para-hydroxylation sites is 1. The van der Waals surface area contributed by atoms with Gasteiger partial charge in [-0.2, -0.15) is 0 Å². The van der Waals surface area contributed by atoms with Crippen molar-refractivity contribution in [1.82, 2.24) is 0 Å². The Labute approximate surface area is 161 Å². The van der Waals surface area contributed by atoms with Crippen LogP contribution in [0, 0.1) is 0 Å². The molecule has 0 unspecified atom stereocenters. The van der Waals surface area contributed by atoms with Gasteiger partial charge in [0.1, 0.15) is 5.75 Å². The van der Waals surface area contributed by atoms with Crippen LogP contribution >= 0.6 is 23.4 Å². The van der Waals surface area contributed by atoms with Gasteiger partial charge in [0.15, 0.2) is 0 Å². The Morgan fingerprint density at radius 2 is 1.81 bits per heavy atom. The first kappa shape index (κ1) is 17.0. The fraction of sp³-hybridized carbons (Fsp3) is 0.0952. The minimum atomic E-state index is -0.109. The number of hydrogen-bond acceptors (Lipinski definition) is 3. The largest absolute Gasteiger partial charge is 0.494 e. The minimum absolute atomic E-state index is 0.109. The summed E-state index contributed by atoms with van der Waals surface area (Å²) >= 11 is 7.86. The molecule has 0 N–H and O–H groups in total. The summed E-state index contributed by atoms with van der Waals surface area (Å²) in [6, 6.07) is 20.8. The standard InChI is InChI=1S/C21H16ClNO2S/c1-2-25-16-7-5-6-14(12-16)21(24)23-17-8-3-4-9-19(17)26-20-11-10-15(22)13-18(20)23/h3-13H,2H2,1H3. The smallest absolute Gasteiger partial charge is 0.263 e. The first-order valence-corrected chi connectivity index (χ1v) is 9.50. The van der Waals surface area contributed by atoms with E-state index in [1.54, 1.807) is 28.8 Å². The Hall–Kier alpha value is -2.43. The van der Waals surface area contributed by atoms with Gasteiger partial charge in [-0.3, -0.25) is 9.69 Å². The summed E-state index contributed by atoms with van der Waals surface area (Å²) in [4.78, 5) is 17.2. The van der Waals surface area contributed by atoms with Crippen LogP contribution in [0.2, 0.25) is 5.02 Å². The van der Waals surface area contributed by atoms with Gasteiger partial charge in [0.05, 0.1) is 18.0 Å². The van der Waals surface area contributed by atoms with Gasteiger partial charge in [-0.25, -0.2) is 0 Å². The van der Waals surface area contributed by atoms with Crippen LogP contribution in [0.15, 0.2) is 76.5 Å². The number of carbonyl (C=O) groups excluding carboxylic acids is 1. The molecule has 0 fully saturated rings.